The van der Waals surface area contributed by atoms with Gasteiger partial charge in [0.05, 0.1) is 14.6 Å². The Morgan fingerprint density at radius 2 is 2.00 bits per heavy atom. The lowest BCUT2D eigenvalue weighted by Crippen LogP contribution is -2.34. The van der Waals surface area contributed by atoms with Gasteiger partial charge in [0.15, 0.2) is 0 Å². The fourth-order valence-corrected chi connectivity index (χ4v) is 7.56. The zero-order valence-electron chi connectivity index (χ0n) is 19.7. The van der Waals surface area contributed by atoms with E-state index in [4.69, 9.17) is 26.8 Å². The Labute approximate surface area is 236 Å². The Morgan fingerprint density at radius 1 is 1.25 bits per heavy atom. The van der Waals surface area contributed by atoms with Gasteiger partial charge in [-0.1, -0.05) is 29.8 Å². The normalized spacial score (nSPS) is 16.6. The van der Waals surface area contributed by atoms with Gasteiger partial charge in [0.1, 0.15) is 33.6 Å². The van der Waals surface area contributed by atoms with Gasteiger partial charge in [0.25, 0.3) is 5.91 Å². The van der Waals surface area contributed by atoms with Crippen molar-refractivity contribution in [2.75, 3.05) is 24.5 Å². The third-order valence-electron chi connectivity index (χ3n) is 6.50. The van der Waals surface area contributed by atoms with Crippen molar-refractivity contribution >= 4 is 71.4 Å². The summed E-state index contributed by atoms with van der Waals surface area (Å²) in [5.41, 5.74) is 8.85. The summed E-state index contributed by atoms with van der Waals surface area (Å²) in [6.45, 7) is 4.59. The molecule has 36 heavy (non-hydrogen) atoms. The van der Waals surface area contributed by atoms with Gasteiger partial charge >= 0.3 is 0 Å². The van der Waals surface area contributed by atoms with Gasteiger partial charge in [-0.3, -0.25) is 4.79 Å². The van der Waals surface area contributed by atoms with E-state index in [1.807, 2.05) is 37.3 Å². The summed E-state index contributed by atoms with van der Waals surface area (Å²) in [6, 6.07) is 11.6. The highest BCUT2D eigenvalue weighted by molar-refractivity contribution is 9.11. The minimum atomic E-state index is -0.517. The lowest BCUT2D eigenvalue weighted by Gasteiger charge is -2.27. The van der Waals surface area contributed by atoms with Crippen LogP contribution in [0.15, 0.2) is 45.3 Å². The zero-order chi connectivity index (χ0) is 25.4. The molecule has 1 atom stereocenters. The fourth-order valence-electron chi connectivity index (χ4n) is 4.69. The number of thiophene rings is 1. The molecule has 3 N–H and O–H groups in total. The van der Waals surface area contributed by atoms with Crippen LogP contribution in [0.4, 0.5) is 10.7 Å². The Bertz CT molecular complexity index is 1300. The molecule has 2 aromatic carbocycles. The number of carbonyl (C=O) groups is 1. The van der Waals surface area contributed by atoms with Crippen molar-refractivity contribution in [2.24, 2.45) is 5.73 Å². The van der Waals surface area contributed by atoms with Crippen molar-refractivity contribution in [3.63, 3.8) is 0 Å². The molecule has 10 heteroatoms. The van der Waals surface area contributed by atoms with Crippen LogP contribution in [-0.4, -0.2) is 31.6 Å². The van der Waals surface area contributed by atoms with E-state index < -0.39 is 5.91 Å². The quantitative estimate of drug-likeness (QED) is 0.287. The van der Waals surface area contributed by atoms with Gasteiger partial charge in [-0.05, 0) is 88.8 Å². The molecule has 6 nitrogen and oxygen atoms in total. The van der Waals surface area contributed by atoms with Crippen LogP contribution in [0.3, 0.4) is 0 Å². The molecule has 0 saturated carbocycles. The highest BCUT2D eigenvalue weighted by Gasteiger charge is 2.31. The van der Waals surface area contributed by atoms with Crippen LogP contribution >= 0.6 is 54.8 Å². The van der Waals surface area contributed by atoms with Crippen molar-refractivity contribution in [2.45, 2.75) is 38.4 Å². The van der Waals surface area contributed by atoms with Crippen LogP contribution in [0.2, 0.25) is 5.02 Å². The summed E-state index contributed by atoms with van der Waals surface area (Å²) in [7, 11) is 0. The van der Waals surface area contributed by atoms with E-state index >= 15 is 0 Å². The molecule has 0 bridgehead atoms. The molecule has 3 heterocycles. The predicted octanol–water partition coefficient (Wildman–Crippen LogP) is 6.99. The summed E-state index contributed by atoms with van der Waals surface area (Å²) in [4.78, 5) is 14.9. The zero-order valence-corrected chi connectivity index (χ0v) is 24.4. The molecule has 3 aromatic rings. The van der Waals surface area contributed by atoms with Crippen molar-refractivity contribution in [3.05, 3.63) is 66.4 Å². The number of ether oxygens (including phenoxy) is 2. The van der Waals surface area contributed by atoms with Gasteiger partial charge in [0.2, 0.25) is 0 Å². The van der Waals surface area contributed by atoms with E-state index in [2.05, 4.69) is 48.1 Å². The number of hydrogen-bond donors (Lipinski definition) is 2. The van der Waals surface area contributed by atoms with E-state index in [0.717, 1.165) is 69.8 Å². The summed E-state index contributed by atoms with van der Waals surface area (Å²) >= 11 is 15.3. The van der Waals surface area contributed by atoms with Crippen LogP contribution in [0, 0.1) is 0 Å². The summed E-state index contributed by atoms with van der Waals surface area (Å²) in [5.74, 6) is 0.752. The van der Waals surface area contributed by atoms with E-state index in [0.29, 0.717) is 15.6 Å². The molecule has 2 aliphatic rings. The number of fused-ring (bicyclic) bond motifs is 1. The van der Waals surface area contributed by atoms with Gasteiger partial charge < -0.3 is 25.4 Å². The van der Waals surface area contributed by atoms with Crippen molar-refractivity contribution < 1.29 is 14.3 Å². The summed E-state index contributed by atoms with van der Waals surface area (Å²) in [5, 5.41) is 4.88. The number of rotatable bonds is 7. The first-order valence-corrected chi connectivity index (χ1v) is 14.6. The Hall–Kier alpha value is -1.78. The average molecular weight is 656 g/mol. The minimum Gasteiger partial charge on any atom is -0.488 e. The standard InChI is InChI=1S/C26H26Br2ClN3O3S/c1-14(17-4-2-3-5-19(17)29)34-20-13-21(36-25(20)26(30)33)32-11-8-15-12-18(27)24(22(28)23(15)32)35-16-6-9-31-10-7-16/h2-5,12-14,16,31H,6-11H2,1H3,(H2,30,33)/t14-/m1/s1. The van der Waals surface area contributed by atoms with Crippen LogP contribution in [0.25, 0.3) is 0 Å². The van der Waals surface area contributed by atoms with E-state index in [9.17, 15) is 4.79 Å². The molecular formula is C26H26Br2ClN3O3S. The SMILES string of the molecule is C[C@@H](Oc1cc(N2CCc3cc(Br)c(OC4CCNCC4)c(Br)c32)sc1C(N)=O)c1ccccc1Cl. The van der Waals surface area contributed by atoms with Crippen molar-refractivity contribution in [3.8, 4) is 11.5 Å². The molecule has 1 aromatic heterocycles. The lowest BCUT2D eigenvalue weighted by atomic mass is 10.1. The molecule has 1 saturated heterocycles. The number of hydrogen-bond acceptors (Lipinski definition) is 6. The third-order valence-corrected chi connectivity index (χ3v) is 9.32. The highest BCUT2D eigenvalue weighted by Crippen LogP contribution is 2.51. The maximum atomic E-state index is 12.3. The highest BCUT2D eigenvalue weighted by atomic mass is 79.9. The molecule has 0 radical (unpaired) electrons. The second kappa shape index (κ2) is 10.9. The van der Waals surface area contributed by atoms with Gasteiger partial charge in [-0.25, -0.2) is 0 Å². The van der Waals surface area contributed by atoms with E-state index in [1.165, 1.54) is 16.9 Å². The maximum Gasteiger partial charge on any atom is 0.262 e. The lowest BCUT2D eigenvalue weighted by molar-refractivity contribution is 0.0998. The fraction of sp³-hybridized carbons (Fsp3) is 0.346. The number of benzene rings is 2. The Kier molecular flexibility index (Phi) is 7.84. The topological polar surface area (TPSA) is 76.8 Å². The number of halogens is 3. The van der Waals surface area contributed by atoms with Gasteiger partial charge in [-0.2, -0.15) is 0 Å². The number of piperidine rings is 1. The molecule has 0 spiro atoms. The number of primary amides is 1. The number of nitrogens with zero attached hydrogens (tertiary/aromatic N) is 1. The number of amides is 1. The number of carbonyl (C=O) groups excluding carboxylic acids is 1. The first-order chi connectivity index (χ1) is 17.3. The maximum absolute atomic E-state index is 12.3. The van der Waals surface area contributed by atoms with Crippen LogP contribution in [0.1, 0.15) is 46.7 Å². The van der Waals surface area contributed by atoms with E-state index in [-0.39, 0.29) is 12.2 Å². The molecule has 190 valence electrons. The first-order valence-electron chi connectivity index (χ1n) is 11.8. The average Bonchev–Trinajstić information content (AvgIpc) is 3.47. The second-order valence-electron chi connectivity index (χ2n) is 8.90. The molecule has 0 aliphatic carbocycles. The number of anilines is 2. The third kappa shape index (κ3) is 5.13. The van der Waals surface area contributed by atoms with Crippen molar-refractivity contribution in [1.29, 1.82) is 0 Å². The van der Waals surface area contributed by atoms with Gasteiger partial charge in [0, 0.05) is 23.2 Å². The molecule has 1 fully saturated rings. The summed E-state index contributed by atoms with van der Waals surface area (Å²) in [6.07, 6.45) is 2.63. The molecule has 5 rings (SSSR count). The Morgan fingerprint density at radius 3 is 2.72 bits per heavy atom. The molecule has 1 amide bonds. The van der Waals surface area contributed by atoms with E-state index in [1.54, 1.807) is 0 Å². The monoisotopic (exact) mass is 653 g/mol. The predicted molar refractivity (Wildman–Crippen MR) is 152 cm³/mol. The molecular weight excluding hydrogens is 630 g/mol. The molecule has 0 unspecified atom stereocenters. The van der Waals surface area contributed by atoms with Gasteiger partial charge in [-0.15, -0.1) is 11.3 Å². The minimum absolute atomic E-state index is 0.168. The second-order valence-corrected chi connectivity index (χ2v) is 12.0. The Balaban J connectivity index is 1.47. The summed E-state index contributed by atoms with van der Waals surface area (Å²) < 4.78 is 14.5. The first kappa shape index (κ1) is 25.9. The number of nitrogens with one attached hydrogen (secondary N) is 1. The largest absolute Gasteiger partial charge is 0.488 e. The molecule has 2 aliphatic heterocycles. The van der Waals surface area contributed by atoms with Crippen LogP contribution < -0.4 is 25.4 Å². The van der Waals surface area contributed by atoms with Crippen LogP contribution in [0.5, 0.6) is 11.5 Å². The van der Waals surface area contributed by atoms with Crippen LogP contribution in [-0.2, 0) is 6.42 Å². The smallest absolute Gasteiger partial charge is 0.262 e. The number of nitrogens with two attached hydrogens (primary N) is 1. The van der Waals surface area contributed by atoms with Crippen molar-refractivity contribution in [1.82, 2.24) is 5.32 Å².